The van der Waals surface area contributed by atoms with Gasteiger partial charge in [0.2, 0.25) is 0 Å². The third-order valence-corrected chi connectivity index (χ3v) is 2.70. The van der Waals surface area contributed by atoms with Gasteiger partial charge < -0.3 is 10.6 Å². The van der Waals surface area contributed by atoms with E-state index in [9.17, 15) is 0 Å². The van der Waals surface area contributed by atoms with Crippen LogP contribution in [0.1, 0.15) is 11.1 Å². The van der Waals surface area contributed by atoms with Crippen LogP contribution in [0.4, 0.5) is 23.0 Å². The minimum absolute atomic E-state index is 0.615. The monoisotopic (exact) mass is 255 g/mol. The molecule has 0 spiro atoms. The Balaban J connectivity index is 2.40. The van der Waals surface area contributed by atoms with E-state index in [1.54, 1.807) is 7.05 Å². The van der Waals surface area contributed by atoms with E-state index in [1.165, 1.54) is 17.5 Å². The van der Waals surface area contributed by atoms with Crippen molar-refractivity contribution in [2.45, 2.75) is 13.8 Å². The minimum atomic E-state index is 0.615. The second kappa shape index (κ2) is 5.48. The fourth-order valence-electron chi connectivity index (χ4n) is 1.99. The van der Waals surface area contributed by atoms with Crippen molar-refractivity contribution < 1.29 is 0 Å². The molecule has 19 heavy (non-hydrogen) atoms. The highest BCUT2D eigenvalue weighted by Gasteiger charge is 2.09. The maximum absolute atomic E-state index is 4.22. The highest BCUT2D eigenvalue weighted by atomic mass is 15.1. The summed E-state index contributed by atoms with van der Waals surface area (Å²) in [6.45, 7) is 7.69. The summed E-state index contributed by atoms with van der Waals surface area (Å²) in [7, 11) is 1.79. The smallest absolute Gasteiger partial charge is 0.161 e. The summed E-state index contributed by atoms with van der Waals surface area (Å²) in [5.41, 5.74) is 3.98. The number of aliphatic imine (C=N–C) groups is 1. The normalized spacial score (nSPS) is 10.1. The van der Waals surface area contributed by atoms with Crippen LogP contribution in [-0.4, -0.2) is 23.7 Å². The number of benzene rings is 1. The largest absolute Gasteiger partial charge is 0.371 e. The summed E-state index contributed by atoms with van der Waals surface area (Å²) in [5, 5.41) is 6.23. The highest BCUT2D eigenvalue weighted by molar-refractivity contribution is 5.78. The molecule has 0 fully saturated rings. The SMILES string of the molecule is C=Nc1c(NC)ncnc1Nc1cc(C)cc(C)c1. The van der Waals surface area contributed by atoms with Gasteiger partial charge in [0.05, 0.1) is 0 Å². The average Bonchev–Trinajstić information content (AvgIpc) is 2.37. The summed E-state index contributed by atoms with van der Waals surface area (Å²) in [6, 6.07) is 6.24. The zero-order valence-electron chi connectivity index (χ0n) is 11.4. The first kappa shape index (κ1) is 13.0. The van der Waals surface area contributed by atoms with Crippen LogP contribution in [0.2, 0.25) is 0 Å². The summed E-state index contributed by atoms with van der Waals surface area (Å²) in [6.07, 6.45) is 1.49. The van der Waals surface area contributed by atoms with E-state index >= 15 is 0 Å². The number of rotatable bonds is 4. The molecule has 0 amide bonds. The van der Waals surface area contributed by atoms with Crippen LogP contribution >= 0.6 is 0 Å². The van der Waals surface area contributed by atoms with Crippen LogP contribution in [0.25, 0.3) is 0 Å². The standard InChI is InChI=1S/C14H17N5/c1-9-5-10(2)7-11(6-9)19-14-12(15-3)13(16-4)17-8-18-14/h5-8H,3H2,1-2,4H3,(H2,16,17,18,19). The molecule has 2 aromatic rings. The van der Waals surface area contributed by atoms with Gasteiger partial charge in [0.25, 0.3) is 0 Å². The van der Waals surface area contributed by atoms with Crippen molar-refractivity contribution in [1.29, 1.82) is 0 Å². The molecular weight excluding hydrogens is 238 g/mol. The van der Waals surface area contributed by atoms with E-state index in [4.69, 9.17) is 0 Å². The quantitative estimate of drug-likeness (QED) is 0.823. The van der Waals surface area contributed by atoms with Gasteiger partial charge in [0, 0.05) is 12.7 Å². The van der Waals surface area contributed by atoms with Crippen molar-refractivity contribution >= 4 is 29.7 Å². The van der Waals surface area contributed by atoms with Gasteiger partial charge in [0.1, 0.15) is 12.0 Å². The van der Waals surface area contributed by atoms with Gasteiger partial charge in [-0.25, -0.2) is 9.97 Å². The molecule has 2 rings (SSSR count). The average molecular weight is 255 g/mol. The Morgan fingerprint density at radius 1 is 1.05 bits per heavy atom. The Hall–Kier alpha value is -2.43. The molecular formula is C14H17N5. The molecule has 0 aliphatic rings. The molecule has 5 heteroatoms. The zero-order chi connectivity index (χ0) is 13.8. The molecule has 0 bridgehead atoms. The lowest BCUT2D eigenvalue weighted by Gasteiger charge is -2.11. The first-order valence-electron chi connectivity index (χ1n) is 5.99. The number of nitrogens with one attached hydrogen (secondary N) is 2. The van der Waals surface area contributed by atoms with Gasteiger partial charge >= 0.3 is 0 Å². The first-order chi connectivity index (χ1) is 9.13. The lowest BCUT2D eigenvalue weighted by Crippen LogP contribution is -2.00. The third kappa shape index (κ3) is 2.88. The molecule has 1 aromatic carbocycles. The van der Waals surface area contributed by atoms with E-state index in [0.717, 1.165) is 5.69 Å². The minimum Gasteiger partial charge on any atom is -0.371 e. The molecule has 0 aliphatic carbocycles. The fraction of sp³-hybridized carbons (Fsp3) is 0.214. The van der Waals surface area contributed by atoms with E-state index < -0.39 is 0 Å². The Kier molecular flexibility index (Phi) is 3.75. The molecule has 1 aromatic heterocycles. The molecule has 0 saturated heterocycles. The van der Waals surface area contributed by atoms with E-state index in [1.807, 2.05) is 0 Å². The number of anilines is 3. The lowest BCUT2D eigenvalue weighted by atomic mass is 10.1. The molecule has 0 radical (unpaired) electrons. The Morgan fingerprint density at radius 3 is 2.26 bits per heavy atom. The first-order valence-corrected chi connectivity index (χ1v) is 5.99. The van der Waals surface area contributed by atoms with Crippen molar-refractivity contribution in [3.8, 4) is 0 Å². The summed E-state index contributed by atoms with van der Waals surface area (Å²) >= 11 is 0. The molecule has 0 atom stereocenters. The van der Waals surface area contributed by atoms with E-state index in [-0.39, 0.29) is 0 Å². The second-order valence-electron chi connectivity index (χ2n) is 4.33. The van der Waals surface area contributed by atoms with Gasteiger partial charge in [-0.05, 0) is 43.8 Å². The zero-order valence-corrected chi connectivity index (χ0v) is 11.4. The van der Waals surface area contributed by atoms with Crippen LogP contribution in [0, 0.1) is 13.8 Å². The topological polar surface area (TPSA) is 62.2 Å². The molecule has 1 heterocycles. The number of aryl methyl sites for hydroxylation is 2. The van der Waals surface area contributed by atoms with Crippen molar-refractivity contribution in [1.82, 2.24) is 9.97 Å². The summed E-state index contributed by atoms with van der Waals surface area (Å²) in [4.78, 5) is 12.3. The summed E-state index contributed by atoms with van der Waals surface area (Å²) < 4.78 is 0. The molecule has 5 nitrogen and oxygen atoms in total. The number of aromatic nitrogens is 2. The van der Waals surface area contributed by atoms with E-state index in [0.29, 0.717) is 17.3 Å². The molecule has 2 N–H and O–H groups in total. The maximum Gasteiger partial charge on any atom is 0.161 e. The Labute approximate surface area is 112 Å². The fourth-order valence-corrected chi connectivity index (χ4v) is 1.99. The van der Waals surface area contributed by atoms with Crippen LogP contribution in [0.3, 0.4) is 0 Å². The van der Waals surface area contributed by atoms with Crippen molar-refractivity contribution in [2.75, 3.05) is 17.7 Å². The number of nitrogens with zero attached hydrogens (tertiary/aromatic N) is 3. The number of hydrogen-bond acceptors (Lipinski definition) is 5. The van der Waals surface area contributed by atoms with Gasteiger partial charge in [-0.3, -0.25) is 4.99 Å². The van der Waals surface area contributed by atoms with Gasteiger partial charge in [0.15, 0.2) is 11.6 Å². The molecule has 0 aliphatic heterocycles. The predicted molar refractivity (Wildman–Crippen MR) is 80.0 cm³/mol. The molecule has 0 saturated carbocycles. The van der Waals surface area contributed by atoms with Gasteiger partial charge in [-0.2, -0.15) is 0 Å². The Morgan fingerprint density at radius 2 is 1.68 bits per heavy atom. The van der Waals surface area contributed by atoms with E-state index in [2.05, 4.69) is 64.4 Å². The maximum atomic E-state index is 4.22. The van der Waals surface area contributed by atoms with Crippen molar-refractivity contribution in [2.24, 2.45) is 4.99 Å². The van der Waals surface area contributed by atoms with Gasteiger partial charge in [-0.15, -0.1) is 0 Å². The van der Waals surface area contributed by atoms with Crippen LogP contribution < -0.4 is 10.6 Å². The molecule has 98 valence electrons. The van der Waals surface area contributed by atoms with Crippen LogP contribution in [-0.2, 0) is 0 Å². The lowest BCUT2D eigenvalue weighted by molar-refractivity contribution is 1.15. The van der Waals surface area contributed by atoms with Crippen LogP contribution in [0.15, 0.2) is 29.5 Å². The number of hydrogen-bond donors (Lipinski definition) is 2. The van der Waals surface area contributed by atoms with Crippen LogP contribution in [0.5, 0.6) is 0 Å². The van der Waals surface area contributed by atoms with Crippen molar-refractivity contribution in [3.05, 3.63) is 35.7 Å². The predicted octanol–water partition coefficient (Wildman–Crippen LogP) is 3.21. The third-order valence-electron chi connectivity index (χ3n) is 2.70. The molecule has 0 unspecified atom stereocenters. The Bertz CT molecular complexity index is 587. The van der Waals surface area contributed by atoms with Crippen molar-refractivity contribution in [3.63, 3.8) is 0 Å². The summed E-state index contributed by atoms with van der Waals surface area (Å²) in [5.74, 6) is 1.29. The van der Waals surface area contributed by atoms with Gasteiger partial charge in [-0.1, -0.05) is 6.07 Å². The second-order valence-corrected chi connectivity index (χ2v) is 4.33. The highest BCUT2D eigenvalue weighted by Crippen LogP contribution is 2.31.